The predicted molar refractivity (Wildman–Crippen MR) is 86.9 cm³/mol. The number of carbonyl (C=O) groups is 1. The van der Waals surface area contributed by atoms with E-state index < -0.39 is 0 Å². The molecule has 5 nitrogen and oxygen atoms in total. The van der Waals surface area contributed by atoms with Crippen molar-refractivity contribution in [2.24, 2.45) is 11.7 Å². The molecule has 1 heterocycles. The van der Waals surface area contributed by atoms with Gasteiger partial charge in [-0.3, -0.25) is 4.79 Å². The fraction of sp³-hybridized carbons (Fsp3) is 0.471. The number of fused-ring (bicyclic) bond motifs is 1. The minimum atomic E-state index is -0.121. The van der Waals surface area contributed by atoms with E-state index >= 15 is 0 Å². The number of benzene rings is 1. The summed E-state index contributed by atoms with van der Waals surface area (Å²) in [6.07, 6.45) is 2.71. The van der Waals surface area contributed by atoms with Gasteiger partial charge in [-0.05, 0) is 24.5 Å². The van der Waals surface area contributed by atoms with Gasteiger partial charge in [-0.15, -0.1) is 0 Å². The van der Waals surface area contributed by atoms with Gasteiger partial charge in [-0.25, -0.2) is 0 Å². The van der Waals surface area contributed by atoms with Gasteiger partial charge in [0, 0.05) is 18.2 Å². The number of para-hydroxylation sites is 1. The van der Waals surface area contributed by atoms with Crippen LogP contribution in [0, 0.1) is 5.92 Å². The van der Waals surface area contributed by atoms with Crippen LogP contribution in [0.25, 0.3) is 6.08 Å². The lowest BCUT2D eigenvalue weighted by molar-refractivity contribution is -0.118. The van der Waals surface area contributed by atoms with Gasteiger partial charge in [0.2, 0.25) is 0 Å². The summed E-state index contributed by atoms with van der Waals surface area (Å²) in [5.74, 6) is 1.71. The standard InChI is InChI=1S/C17H24N2O3/c1-11(2)7-14(9-18)19-17(20)13-8-12-5-4-6-15(21-3)16(12)22-10-13/h4-6,8,11,14H,7,9-10,18H2,1-3H3,(H,19,20). The van der Waals surface area contributed by atoms with E-state index in [1.807, 2.05) is 24.3 Å². The number of rotatable bonds is 6. The smallest absolute Gasteiger partial charge is 0.250 e. The van der Waals surface area contributed by atoms with Crippen LogP contribution in [0.4, 0.5) is 0 Å². The molecule has 22 heavy (non-hydrogen) atoms. The van der Waals surface area contributed by atoms with Crippen LogP contribution in [0.2, 0.25) is 0 Å². The Balaban J connectivity index is 2.12. The third kappa shape index (κ3) is 3.80. The zero-order valence-corrected chi connectivity index (χ0v) is 13.4. The van der Waals surface area contributed by atoms with Crippen molar-refractivity contribution in [3.05, 3.63) is 29.3 Å². The largest absolute Gasteiger partial charge is 0.493 e. The van der Waals surface area contributed by atoms with Crippen molar-refractivity contribution in [3.63, 3.8) is 0 Å². The van der Waals surface area contributed by atoms with Crippen molar-refractivity contribution in [1.82, 2.24) is 5.32 Å². The molecule has 0 saturated heterocycles. The van der Waals surface area contributed by atoms with E-state index in [9.17, 15) is 4.79 Å². The zero-order chi connectivity index (χ0) is 16.1. The van der Waals surface area contributed by atoms with E-state index in [0.717, 1.165) is 12.0 Å². The summed E-state index contributed by atoms with van der Waals surface area (Å²) in [5.41, 5.74) is 7.18. The molecule has 1 aromatic carbocycles. The highest BCUT2D eigenvalue weighted by Crippen LogP contribution is 2.35. The van der Waals surface area contributed by atoms with Gasteiger partial charge in [0.05, 0.1) is 12.7 Å². The van der Waals surface area contributed by atoms with Gasteiger partial charge in [-0.2, -0.15) is 0 Å². The van der Waals surface area contributed by atoms with Crippen molar-refractivity contribution < 1.29 is 14.3 Å². The molecule has 0 aromatic heterocycles. The molecule has 1 aliphatic heterocycles. The van der Waals surface area contributed by atoms with Crippen LogP contribution in [0.3, 0.4) is 0 Å². The van der Waals surface area contributed by atoms with Crippen molar-refractivity contribution >= 4 is 12.0 Å². The molecule has 1 amide bonds. The van der Waals surface area contributed by atoms with Crippen LogP contribution in [-0.4, -0.2) is 32.2 Å². The normalized spacial score (nSPS) is 14.7. The average molecular weight is 304 g/mol. The highest BCUT2D eigenvalue weighted by Gasteiger charge is 2.21. The number of hydrogen-bond donors (Lipinski definition) is 2. The maximum atomic E-state index is 12.4. The molecule has 5 heteroatoms. The Kier molecular flexibility index (Phi) is 5.44. The Hall–Kier alpha value is -2.01. The van der Waals surface area contributed by atoms with E-state index in [4.69, 9.17) is 15.2 Å². The SMILES string of the molecule is COc1cccc2c1OCC(C(=O)NC(CN)CC(C)C)=C2. The maximum absolute atomic E-state index is 12.4. The summed E-state index contributed by atoms with van der Waals surface area (Å²) in [7, 11) is 1.60. The van der Waals surface area contributed by atoms with E-state index in [-0.39, 0.29) is 18.6 Å². The molecule has 1 unspecified atom stereocenters. The highest BCUT2D eigenvalue weighted by atomic mass is 16.5. The molecule has 1 aromatic rings. The molecule has 1 aliphatic rings. The van der Waals surface area contributed by atoms with Gasteiger partial charge >= 0.3 is 0 Å². The number of ether oxygens (including phenoxy) is 2. The molecular weight excluding hydrogens is 280 g/mol. The number of nitrogens with two attached hydrogens (primary N) is 1. The Morgan fingerprint density at radius 3 is 2.86 bits per heavy atom. The van der Waals surface area contributed by atoms with E-state index in [0.29, 0.717) is 29.5 Å². The summed E-state index contributed by atoms with van der Waals surface area (Å²) in [4.78, 5) is 12.4. The molecule has 0 saturated carbocycles. The zero-order valence-electron chi connectivity index (χ0n) is 13.4. The molecule has 3 N–H and O–H groups in total. The third-order valence-electron chi connectivity index (χ3n) is 3.60. The molecule has 0 aliphatic carbocycles. The first-order chi connectivity index (χ1) is 10.5. The number of methoxy groups -OCH3 is 1. The minimum absolute atomic E-state index is 0.0138. The monoisotopic (exact) mass is 304 g/mol. The molecule has 1 atom stereocenters. The van der Waals surface area contributed by atoms with E-state index in [1.54, 1.807) is 7.11 Å². The maximum Gasteiger partial charge on any atom is 0.250 e. The molecule has 0 fully saturated rings. The number of nitrogens with one attached hydrogen (secondary N) is 1. The van der Waals surface area contributed by atoms with Crippen LogP contribution >= 0.6 is 0 Å². The van der Waals surface area contributed by atoms with E-state index in [2.05, 4.69) is 19.2 Å². The fourth-order valence-electron chi connectivity index (χ4n) is 2.53. The first kappa shape index (κ1) is 16.4. The van der Waals surface area contributed by atoms with Crippen LogP contribution in [0.5, 0.6) is 11.5 Å². The van der Waals surface area contributed by atoms with Crippen molar-refractivity contribution in [1.29, 1.82) is 0 Å². The van der Waals surface area contributed by atoms with Gasteiger partial charge in [0.15, 0.2) is 11.5 Å². The van der Waals surface area contributed by atoms with Gasteiger partial charge in [0.1, 0.15) is 6.61 Å². The van der Waals surface area contributed by atoms with Gasteiger partial charge in [0.25, 0.3) is 5.91 Å². The first-order valence-corrected chi connectivity index (χ1v) is 7.56. The molecule has 120 valence electrons. The topological polar surface area (TPSA) is 73.6 Å². The molecule has 2 rings (SSSR count). The van der Waals surface area contributed by atoms with Crippen molar-refractivity contribution in [2.45, 2.75) is 26.3 Å². The molecular formula is C17H24N2O3. The molecule has 0 bridgehead atoms. The lowest BCUT2D eigenvalue weighted by Crippen LogP contribution is -2.42. The Morgan fingerprint density at radius 1 is 1.45 bits per heavy atom. The third-order valence-corrected chi connectivity index (χ3v) is 3.60. The summed E-state index contributed by atoms with van der Waals surface area (Å²) >= 11 is 0. The van der Waals surface area contributed by atoms with Crippen LogP contribution < -0.4 is 20.5 Å². The van der Waals surface area contributed by atoms with Crippen molar-refractivity contribution in [3.8, 4) is 11.5 Å². The average Bonchev–Trinajstić information content (AvgIpc) is 2.52. The second-order valence-electron chi connectivity index (χ2n) is 5.87. The second kappa shape index (κ2) is 7.31. The number of hydrogen-bond acceptors (Lipinski definition) is 4. The Bertz CT molecular complexity index is 567. The van der Waals surface area contributed by atoms with Gasteiger partial charge in [-0.1, -0.05) is 26.0 Å². The summed E-state index contributed by atoms with van der Waals surface area (Å²) in [6, 6.07) is 5.60. The number of carbonyl (C=O) groups excluding carboxylic acids is 1. The summed E-state index contributed by atoms with van der Waals surface area (Å²) in [5, 5.41) is 2.98. The highest BCUT2D eigenvalue weighted by molar-refractivity contribution is 5.99. The quantitative estimate of drug-likeness (QED) is 0.842. The molecule has 0 radical (unpaired) electrons. The fourth-order valence-corrected chi connectivity index (χ4v) is 2.53. The Morgan fingerprint density at radius 2 is 2.23 bits per heavy atom. The van der Waals surface area contributed by atoms with Crippen LogP contribution in [-0.2, 0) is 4.79 Å². The van der Waals surface area contributed by atoms with Crippen molar-refractivity contribution in [2.75, 3.05) is 20.3 Å². The second-order valence-corrected chi connectivity index (χ2v) is 5.87. The molecule has 0 spiro atoms. The lowest BCUT2D eigenvalue weighted by Gasteiger charge is -2.23. The van der Waals surface area contributed by atoms with Crippen LogP contribution in [0.15, 0.2) is 23.8 Å². The summed E-state index contributed by atoms with van der Waals surface area (Å²) in [6.45, 7) is 4.89. The lowest BCUT2D eigenvalue weighted by atomic mass is 10.0. The van der Waals surface area contributed by atoms with Crippen LogP contribution in [0.1, 0.15) is 25.8 Å². The van der Waals surface area contributed by atoms with E-state index in [1.165, 1.54) is 0 Å². The predicted octanol–water partition coefficient (Wildman–Crippen LogP) is 1.96. The van der Waals surface area contributed by atoms with Gasteiger partial charge < -0.3 is 20.5 Å². The Labute approximate surface area is 131 Å². The summed E-state index contributed by atoms with van der Waals surface area (Å²) < 4.78 is 11.0. The minimum Gasteiger partial charge on any atom is -0.493 e. The number of amides is 1. The first-order valence-electron chi connectivity index (χ1n) is 7.56.